The monoisotopic (exact) mass is 324 g/mol. The SMILES string of the molecule is CCCNc1cccc(Oc2ccc(F)c(Br)c2)n1. The molecule has 0 amide bonds. The van der Waals surface area contributed by atoms with Crippen LogP contribution < -0.4 is 10.1 Å². The Bertz CT molecular complexity index is 563. The van der Waals surface area contributed by atoms with Crippen molar-refractivity contribution < 1.29 is 9.13 Å². The summed E-state index contributed by atoms with van der Waals surface area (Å²) in [5.74, 6) is 1.45. The molecular weight excluding hydrogens is 311 g/mol. The number of nitrogens with zero attached hydrogens (tertiary/aromatic N) is 1. The number of pyridine rings is 1. The van der Waals surface area contributed by atoms with E-state index in [-0.39, 0.29) is 5.82 Å². The van der Waals surface area contributed by atoms with Crippen molar-refractivity contribution in [2.24, 2.45) is 0 Å². The van der Waals surface area contributed by atoms with Crippen LogP contribution in [0.25, 0.3) is 0 Å². The van der Waals surface area contributed by atoms with Gasteiger partial charge in [-0.3, -0.25) is 0 Å². The number of aromatic nitrogens is 1. The minimum Gasteiger partial charge on any atom is -0.439 e. The molecule has 2 rings (SSSR count). The lowest BCUT2D eigenvalue weighted by Crippen LogP contribution is -2.02. The normalized spacial score (nSPS) is 10.3. The van der Waals surface area contributed by atoms with Gasteiger partial charge in [-0.15, -0.1) is 0 Å². The summed E-state index contributed by atoms with van der Waals surface area (Å²) in [6.07, 6.45) is 1.03. The number of hydrogen-bond acceptors (Lipinski definition) is 3. The van der Waals surface area contributed by atoms with E-state index in [1.807, 2.05) is 12.1 Å². The summed E-state index contributed by atoms with van der Waals surface area (Å²) in [6.45, 7) is 2.95. The van der Waals surface area contributed by atoms with Gasteiger partial charge in [0.2, 0.25) is 5.88 Å². The first kappa shape index (κ1) is 13.8. The van der Waals surface area contributed by atoms with E-state index in [2.05, 4.69) is 33.2 Å². The third-order valence-electron chi connectivity index (χ3n) is 2.39. The van der Waals surface area contributed by atoms with Crippen molar-refractivity contribution in [3.8, 4) is 11.6 Å². The van der Waals surface area contributed by atoms with E-state index in [0.717, 1.165) is 18.8 Å². The van der Waals surface area contributed by atoms with Gasteiger partial charge >= 0.3 is 0 Å². The molecule has 0 bridgehead atoms. The zero-order valence-electron chi connectivity index (χ0n) is 10.5. The summed E-state index contributed by atoms with van der Waals surface area (Å²) >= 11 is 3.12. The van der Waals surface area contributed by atoms with Crippen molar-refractivity contribution in [3.05, 3.63) is 46.7 Å². The molecule has 0 aliphatic rings. The Morgan fingerprint density at radius 3 is 2.89 bits per heavy atom. The standard InChI is InChI=1S/C14H14BrFN2O/c1-2-8-17-13-4-3-5-14(18-13)19-10-6-7-12(16)11(15)9-10/h3-7,9H,2,8H2,1H3,(H,17,18). The predicted molar refractivity (Wildman–Crippen MR) is 77.2 cm³/mol. The van der Waals surface area contributed by atoms with Gasteiger partial charge in [0.1, 0.15) is 17.4 Å². The van der Waals surface area contributed by atoms with Gasteiger partial charge in [-0.2, -0.15) is 4.98 Å². The van der Waals surface area contributed by atoms with Crippen molar-refractivity contribution in [1.82, 2.24) is 4.98 Å². The third kappa shape index (κ3) is 3.92. The van der Waals surface area contributed by atoms with Crippen molar-refractivity contribution in [1.29, 1.82) is 0 Å². The summed E-state index contributed by atoms with van der Waals surface area (Å²) < 4.78 is 19.1. The number of rotatable bonds is 5. The van der Waals surface area contributed by atoms with Gasteiger partial charge in [-0.25, -0.2) is 4.39 Å². The molecular formula is C14H14BrFN2O. The minimum absolute atomic E-state index is 0.321. The van der Waals surface area contributed by atoms with Crippen molar-refractivity contribution in [3.63, 3.8) is 0 Å². The first-order valence-corrected chi connectivity index (χ1v) is 6.82. The van der Waals surface area contributed by atoms with E-state index in [0.29, 0.717) is 16.1 Å². The van der Waals surface area contributed by atoms with E-state index in [4.69, 9.17) is 4.74 Å². The molecule has 1 heterocycles. The van der Waals surface area contributed by atoms with Crippen LogP contribution in [0.3, 0.4) is 0 Å². The first-order chi connectivity index (χ1) is 9.19. The Hall–Kier alpha value is -1.62. The second-order valence-corrected chi connectivity index (χ2v) is 4.82. The average molecular weight is 325 g/mol. The molecule has 0 fully saturated rings. The number of halogens is 2. The number of benzene rings is 1. The Balaban J connectivity index is 2.11. The smallest absolute Gasteiger partial charge is 0.221 e. The second kappa shape index (κ2) is 6.52. The topological polar surface area (TPSA) is 34.1 Å². The molecule has 0 spiro atoms. The van der Waals surface area contributed by atoms with Gasteiger partial charge in [0.05, 0.1) is 4.47 Å². The summed E-state index contributed by atoms with van der Waals surface area (Å²) in [5.41, 5.74) is 0. The highest BCUT2D eigenvalue weighted by molar-refractivity contribution is 9.10. The van der Waals surface area contributed by atoms with Crippen LogP contribution in [0, 0.1) is 5.82 Å². The van der Waals surface area contributed by atoms with Crippen LogP contribution in [0.15, 0.2) is 40.9 Å². The lowest BCUT2D eigenvalue weighted by molar-refractivity contribution is 0.461. The molecule has 0 unspecified atom stereocenters. The quantitative estimate of drug-likeness (QED) is 0.872. The molecule has 0 atom stereocenters. The van der Waals surface area contributed by atoms with Crippen molar-refractivity contribution in [2.45, 2.75) is 13.3 Å². The van der Waals surface area contributed by atoms with E-state index in [1.54, 1.807) is 18.2 Å². The molecule has 0 aliphatic carbocycles. The molecule has 0 radical (unpaired) electrons. The Labute approximate surface area is 119 Å². The second-order valence-electron chi connectivity index (χ2n) is 3.97. The van der Waals surface area contributed by atoms with Crippen molar-refractivity contribution >= 4 is 21.7 Å². The fraction of sp³-hybridized carbons (Fsp3) is 0.214. The molecule has 0 saturated carbocycles. The van der Waals surface area contributed by atoms with E-state index in [1.165, 1.54) is 6.07 Å². The first-order valence-electron chi connectivity index (χ1n) is 6.03. The molecule has 0 saturated heterocycles. The zero-order valence-corrected chi connectivity index (χ0v) is 12.1. The lowest BCUT2D eigenvalue weighted by Gasteiger charge is -2.08. The molecule has 1 aromatic carbocycles. The maximum Gasteiger partial charge on any atom is 0.221 e. The van der Waals surface area contributed by atoms with Gasteiger partial charge in [0, 0.05) is 12.6 Å². The van der Waals surface area contributed by atoms with Gasteiger partial charge in [-0.1, -0.05) is 13.0 Å². The number of nitrogens with one attached hydrogen (secondary N) is 1. The molecule has 5 heteroatoms. The van der Waals surface area contributed by atoms with Gasteiger partial charge in [-0.05, 0) is 46.6 Å². The van der Waals surface area contributed by atoms with E-state index < -0.39 is 0 Å². The lowest BCUT2D eigenvalue weighted by atomic mass is 10.3. The molecule has 3 nitrogen and oxygen atoms in total. The maximum absolute atomic E-state index is 13.1. The molecule has 19 heavy (non-hydrogen) atoms. The molecule has 100 valence electrons. The average Bonchev–Trinajstić information content (AvgIpc) is 2.41. The third-order valence-corrected chi connectivity index (χ3v) is 3.00. The van der Waals surface area contributed by atoms with Gasteiger partial charge < -0.3 is 10.1 Å². The highest BCUT2D eigenvalue weighted by Gasteiger charge is 2.04. The molecule has 1 N–H and O–H groups in total. The highest BCUT2D eigenvalue weighted by atomic mass is 79.9. The molecule has 1 aromatic heterocycles. The molecule has 0 aliphatic heterocycles. The number of hydrogen-bond donors (Lipinski definition) is 1. The predicted octanol–water partition coefficient (Wildman–Crippen LogP) is 4.60. The van der Waals surface area contributed by atoms with E-state index in [9.17, 15) is 4.39 Å². The van der Waals surface area contributed by atoms with Crippen LogP contribution in [0.2, 0.25) is 0 Å². The van der Waals surface area contributed by atoms with Crippen molar-refractivity contribution in [2.75, 3.05) is 11.9 Å². The summed E-state index contributed by atoms with van der Waals surface area (Å²) in [4.78, 5) is 4.32. The fourth-order valence-electron chi connectivity index (χ4n) is 1.48. The zero-order chi connectivity index (χ0) is 13.7. The Morgan fingerprint density at radius 1 is 1.32 bits per heavy atom. The van der Waals surface area contributed by atoms with Crippen LogP contribution in [-0.2, 0) is 0 Å². The number of ether oxygens (including phenoxy) is 1. The van der Waals surface area contributed by atoms with Crippen LogP contribution in [0.4, 0.5) is 10.2 Å². The van der Waals surface area contributed by atoms with Gasteiger partial charge in [0.15, 0.2) is 0 Å². The number of anilines is 1. The largest absolute Gasteiger partial charge is 0.439 e. The van der Waals surface area contributed by atoms with Crippen LogP contribution in [0.1, 0.15) is 13.3 Å². The van der Waals surface area contributed by atoms with Crippen LogP contribution in [0.5, 0.6) is 11.6 Å². The minimum atomic E-state index is -0.321. The summed E-state index contributed by atoms with van der Waals surface area (Å²) in [6, 6.07) is 9.98. The van der Waals surface area contributed by atoms with E-state index >= 15 is 0 Å². The highest BCUT2D eigenvalue weighted by Crippen LogP contribution is 2.25. The van der Waals surface area contributed by atoms with Crippen LogP contribution in [-0.4, -0.2) is 11.5 Å². The Morgan fingerprint density at radius 2 is 2.16 bits per heavy atom. The fourth-order valence-corrected chi connectivity index (χ4v) is 1.84. The summed E-state index contributed by atoms with van der Waals surface area (Å²) in [7, 11) is 0. The van der Waals surface area contributed by atoms with Crippen LogP contribution >= 0.6 is 15.9 Å². The Kier molecular flexibility index (Phi) is 4.74. The van der Waals surface area contributed by atoms with Gasteiger partial charge in [0.25, 0.3) is 0 Å². The summed E-state index contributed by atoms with van der Waals surface area (Å²) in [5, 5.41) is 3.18. The maximum atomic E-state index is 13.1. The molecule has 2 aromatic rings.